The SMILES string of the molecule is COCCOCCOCCOCCOCCOCC(=O)NCCCC[C@H](NC(=O)COCCOCCOCCOCCOCCOC)C(=O)C[C@H](C)C(=O)N[C@H](C)C(=O)N[C@H](CC(N)=O)C(=O)Nc1ccc(COC(=O)OC(C(=O)OC2C[C@@]3(O)[C@@H](OC(=O)c4ccccc4)[C@H]4[C@](C)(C(=O)[C@H](OC(C)=O)C(=C2C)C3(C)C)[C@@H](C)CC2OC[C@]24OC(C)=O)[C@@H](NC(=O)c2ccccc2)c2ccccc2)cc1. The average Bonchev–Trinajstić information content (AvgIpc) is 0.666. The molecule has 7 amide bonds. The lowest BCUT2D eigenvalue weighted by molar-refractivity contribution is -0.340. The summed E-state index contributed by atoms with van der Waals surface area (Å²) >= 11 is 0. The van der Waals surface area contributed by atoms with Crippen LogP contribution < -0.4 is 37.6 Å². The van der Waals surface area contributed by atoms with Crippen LogP contribution in [0, 0.1) is 28.6 Å². The highest BCUT2D eigenvalue weighted by Crippen LogP contribution is 2.66. The minimum absolute atomic E-state index is 0.0241. The number of hydrogen-bond donors (Lipinski definition) is 8. The zero-order valence-electron chi connectivity index (χ0n) is 81.5. The Morgan fingerprint density at radius 2 is 1.07 bits per heavy atom. The van der Waals surface area contributed by atoms with Gasteiger partial charge in [0.2, 0.25) is 41.5 Å². The van der Waals surface area contributed by atoms with Crippen LogP contribution in [0.15, 0.2) is 126 Å². The molecule has 3 unspecified atom stereocenters. The van der Waals surface area contributed by atoms with E-state index in [0.717, 1.165) is 13.8 Å². The molecule has 9 N–H and O–H groups in total. The molecule has 140 heavy (non-hydrogen) atoms. The molecule has 3 fully saturated rings. The predicted octanol–water partition coefficient (Wildman–Crippen LogP) is 5.00. The molecule has 0 spiro atoms. The Morgan fingerprint density at radius 1 is 0.557 bits per heavy atom. The summed E-state index contributed by atoms with van der Waals surface area (Å²) in [5, 5.41) is 30.1. The van der Waals surface area contributed by atoms with Gasteiger partial charge in [0, 0.05) is 75.5 Å². The van der Waals surface area contributed by atoms with Crippen molar-refractivity contribution >= 4 is 88.6 Å². The van der Waals surface area contributed by atoms with Crippen LogP contribution in [0.3, 0.4) is 0 Å². The molecule has 2 bridgehead atoms. The summed E-state index contributed by atoms with van der Waals surface area (Å²) in [6, 6.07) is 23.4. The van der Waals surface area contributed by atoms with Gasteiger partial charge < -0.3 is 133 Å². The molecule has 41 nitrogen and oxygen atoms in total. The van der Waals surface area contributed by atoms with Gasteiger partial charge in [0.15, 0.2) is 23.3 Å². The van der Waals surface area contributed by atoms with Crippen LogP contribution >= 0.6 is 0 Å². The number of rotatable bonds is 64. The van der Waals surface area contributed by atoms with Gasteiger partial charge in [-0.05, 0) is 104 Å². The number of carbonyl (C=O) groups is 14. The van der Waals surface area contributed by atoms with Gasteiger partial charge in [0.25, 0.3) is 5.91 Å². The Hall–Kier alpha value is -11.2. The van der Waals surface area contributed by atoms with Crippen LogP contribution in [0.25, 0.3) is 0 Å². The molecule has 1 heterocycles. The number of fused-ring (bicyclic) bond motifs is 5. The van der Waals surface area contributed by atoms with E-state index in [1.54, 1.807) is 96.5 Å². The maximum atomic E-state index is 16.2. The van der Waals surface area contributed by atoms with E-state index in [1.807, 2.05) is 0 Å². The molecular weight excluding hydrogens is 1830 g/mol. The number of anilines is 1. The Labute approximate surface area is 814 Å². The Morgan fingerprint density at radius 3 is 1.58 bits per heavy atom. The molecule has 4 aromatic carbocycles. The first-order valence-electron chi connectivity index (χ1n) is 46.9. The van der Waals surface area contributed by atoms with Gasteiger partial charge in [-0.15, -0.1) is 0 Å². The van der Waals surface area contributed by atoms with Gasteiger partial charge in [-0.2, -0.15) is 0 Å². The lowest BCUT2D eigenvalue weighted by Crippen LogP contribution is -2.80. The largest absolute Gasteiger partial charge is 0.509 e. The number of nitrogens with one attached hydrogen (secondary N) is 6. The minimum Gasteiger partial charge on any atom is -0.455 e. The van der Waals surface area contributed by atoms with Crippen LogP contribution in [0.5, 0.6) is 0 Å². The number of nitrogens with two attached hydrogens (primary N) is 1. The molecule has 4 aliphatic rings. The fourth-order valence-electron chi connectivity index (χ4n) is 17.1. The van der Waals surface area contributed by atoms with Crippen molar-refractivity contribution in [2.24, 2.45) is 34.3 Å². The normalized spacial score (nSPS) is 21.3. The van der Waals surface area contributed by atoms with E-state index in [4.69, 9.17) is 95.7 Å². The van der Waals surface area contributed by atoms with Crippen molar-refractivity contribution in [1.29, 1.82) is 0 Å². The van der Waals surface area contributed by atoms with Gasteiger partial charge in [-0.25, -0.2) is 14.4 Å². The number of ketones is 2. The van der Waals surface area contributed by atoms with Gasteiger partial charge in [-0.3, -0.25) is 52.7 Å². The van der Waals surface area contributed by atoms with Crippen molar-refractivity contribution in [2.75, 3.05) is 178 Å². The van der Waals surface area contributed by atoms with E-state index in [1.165, 1.54) is 81.4 Å². The lowest BCUT2D eigenvalue weighted by atomic mass is 9.43. The molecule has 3 aliphatic carbocycles. The topological polar surface area (TPSA) is 533 Å². The molecule has 4 aromatic rings. The second-order valence-electron chi connectivity index (χ2n) is 35.0. The second kappa shape index (κ2) is 58.3. The summed E-state index contributed by atoms with van der Waals surface area (Å²) in [6.45, 7) is 18.4. The molecular formula is C99H137N7O34. The third-order valence-electron chi connectivity index (χ3n) is 24.7. The highest BCUT2D eigenvalue weighted by Gasteiger charge is 2.78. The number of ether oxygens (including phenoxy) is 19. The number of amides is 7. The molecule has 2 saturated carbocycles. The number of hydrogen-bond acceptors (Lipinski definition) is 34. The summed E-state index contributed by atoms with van der Waals surface area (Å²) in [4.78, 5) is 197. The fraction of sp³-hybridized carbons (Fsp3) is 0.596. The molecule has 1 aliphatic heterocycles. The van der Waals surface area contributed by atoms with Crippen molar-refractivity contribution in [2.45, 2.75) is 180 Å². The molecule has 772 valence electrons. The first-order chi connectivity index (χ1) is 67.1. The van der Waals surface area contributed by atoms with Gasteiger partial charge in [-0.1, -0.05) is 113 Å². The van der Waals surface area contributed by atoms with Crippen LogP contribution in [-0.4, -0.2) is 321 Å². The quantitative estimate of drug-likeness (QED) is 0.0125. The number of unbranched alkanes of at least 4 members (excludes halogenated alkanes) is 1. The highest BCUT2D eigenvalue weighted by atomic mass is 16.7. The van der Waals surface area contributed by atoms with Crippen LogP contribution in [0.2, 0.25) is 0 Å². The van der Waals surface area contributed by atoms with Crippen molar-refractivity contribution in [1.82, 2.24) is 26.6 Å². The predicted molar refractivity (Wildman–Crippen MR) is 498 cm³/mol. The van der Waals surface area contributed by atoms with Crippen LogP contribution in [0.1, 0.15) is 145 Å². The Balaban J connectivity index is 0.899. The monoisotopic (exact) mass is 1970 g/mol. The van der Waals surface area contributed by atoms with E-state index >= 15 is 9.59 Å². The molecule has 0 radical (unpaired) electrons. The molecule has 8 rings (SSSR count). The zero-order chi connectivity index (χ0) is 102. The van der Waals surface area contributed by atoms with Crippen molar-refractivity contribution in [3.05, 3.63) is 149 Å². The van der Waals surface area contributed by atoms with Gasteiger partial charge in [0.05, 0.1) is 163 Å². The zero-order valence-corrected chi connectivity index (χ0v) is 81.5. The molecule has 0 aromatic heterocycles. The lowest BCUT2D eigenvalue weighted by Gasteiger charge is -2.68. The number of primary amides is 1. The van der Waals surface area contributed by atoms with Gasteiger partial charge >= 0.3 is 30.0 Å². The van der Waals surface area contributed by atoms with Crippen LogP contribution in [0.4, 0.5) is 10.5 Å². The summed E-state index contributed by atoms with van der Waals surface area (Å²) in [6.07, 6.45) is -10.9. The average molecular weight is 1970 g/mol. The minimum atomic E-state index is -2.50. The maximum absolute atomic E-state index is 16.2. The van der Waals surface area contributed by atoms with E-state index in [0.29, 0.717) is 105 Å². The first-order valence-corrected chi connectivity index (χ1v) is 46.9. The maximum Gasteiger partial charge on any atom is 0.509 e. The molecule has 1 saturated heterocycles. The van der Waals surface area contributed by atoms with Crippen molar-refractivity contribution < 1.29 is 162 Å². The smallest absolute Gasteiger partial charge is 0.455 e. The Kier molecular flexibility index (Phi) is 47.5. The number of aliphatic hydroxyl groups is 1. The molecule has 15 atom stereocenters. The second-order valence-corrected chi connectivity index (χ2v) is 35.0. The number of carbonyl (C=O) groups excluding carboxylic acids is 14. The standard InChI is InChI=1S/C99H137N7O34/c1-63(55-76(109)74(104-81(112)61-133-54-52-131-50-48-129-46-44-127-42-40-125-38-36-123-11)29-21-22-34-101-80(111)60-132-53-51-130-49-47-128-45-43-126-41-39-124-37-35-122-10)89(114)102-66(4)90(115)105-75(57-79(100)110)92(117)103-73-32-30-69(31-33-73)59-134-95(120)138-85(83(70-23-15-12-16-24-70)106-91(116)71-25-17-13-18-26-71)94(119)137-77-58-99(121)88(139-93(118)72-27-19-14-20-28-72)86-97(9,64(2)56-78-98(86,62-135-78)140-68(6)108)87(113)84(136-67(5)107)82(65(77)3)96(99,7)8/h12-20,23-28,30-33,63-64,66,74-75,77-78,83-86,88,121H,21-22,29,34-62H2,1-11H3,(H2,100,110)(H,101,111)(H,102,114)(H,103,117)(H,104,112)(H,105,115)(H,106,116)/t63-,64-,66+,74-,75+,77?,78?,83-,84+,85?,86-,88-,97+,98-,99+/m0/s1. The number of esters is 4. The highest BCUT2D eigenvalue weighted by molar-refractivity contribution is 6.01. The number of Topliss-reactive ketones (excluding diaryl/α,β-unsaturated/α-hetero) is 2. The van der Waals surface area contributed by atoms with E-state index in [-0.39, 0.29) is 111 Å². The van der Waals surface area contributed by atoms with E-state index < -0.39 is 210 Å². The van der Waals surface area contributed by atoms with E-state index in [2.05, 4.69) is 31.9 Å². The van der Waals surface area contributed by atoms with Crippen molar-refractivity contribution in [3.8, 4) is 0 Å². The fourth-order valence-corrected chi connectivity index (χ4v) is 17.1. The van der Waals surface area contributed by atoms with Gasteiger partial charge in [0.1, 0.15) is 61.9 Å². The van der Waals surface area contributed by atoms with Crippen LogP contribution in [-0.2, 0) is 149 Å². The molecule has 41 heteroatoms. The number of benzene rings is 4. The third-order valence-corrected chi connectivity index (χ3v) is 24.7. The summed E-state index contributed by atoms with van der Waals surface area (Å²) in [7, 11) is 3.19. The summed E-state index contributed by atoms with van der Waals surface area (Å²) in [5.74, 6) is -14.0. The summed E-state index contributed by atoms with van der Waals surface area (Å²) < 4.78 is 108. The number of methoxy groups -OCH3 is 2. The van der Waals surface area contributed by atoms with E-state index in [9.17, 15) is 62.6 Å². The third kappa shape index (κ3) is 34.1. The van der Waals surface area contributed by atoms with Crippen molar-refractivity contribution in [3.63, 3.8) is 0 Å². The summed E-state index contributed by atoms with van der Waals surface area (Å²) in [5.41, 5.74) is -1.49. The first kappa shape index (κ1) is 114. The Bertz CT molecular complexity index is 4710.